The topological polar surface area (TPSA) is 93.8 Å². The minimum Gasteiger partial charge on any atom is -0.316 e. The summed E-state index contributed by atoms with van der Waals surface area (Å²) in [4.78, 5) is 22.4. The maximum atomic E-state index is 13.1. The van der Waals surface area contributed by atoms with Crippen LogP contribution in [0.4, 0.5) is 5.69 Å². The molecule has 8 nitrogen and oxygen atoms in total. The summed E-state index contributed by atoms with van der Waals surface area (Å²) in [5.74, 6) is 0. The van der Waals surface area contributed by atoms with Gasteiger partial charge < -0.3 is 4.57 Å². The molecule has 0 saturated heterocycles. The highest BCUT2D eigenvalue weighted by Crippen LogP contribution is 2.24. The summed E-state index contributed by atoms with van der Waals surface area (Å²) in [6.07, 6.45) is 3.36. The van der Waals surface area contributed by atoms with E-state index in [4.69, 9.17) is 0 Å². The van der Waals surface area contributed by atoms with Gasteiger partial charge in [0.25, 0.3) is 5.56 Å². The molecule has 0 atom stereocenters. The van der Waals surface area contributed by atoms with Crippen molar-refractivity contribution in [3.05, 3.63) is 88.4 Å². The third-order valence-electron chi connectivity index (χ3n) is 4.97. The molecule has 3 heterocycles. The number of hydrogen-bond donors (Lipinski definition) is 1. The second-order valence-corrected chi connectivity index (χ2v) is 8.22. The van der Waals surface area contributed by atoms with Gasteiger partial charge in [-0.05, 0) is 43.7 Å². The summed E-state index contributed by atoms with van der Waals surface area (Å²) in [6, 6.07) is 15.7. The van der Waals surface area contributed by atoms with Crippen LogP contribution in [0.1, 0.15) is 23.7 Å². The molecule has 31 heavy (non-hydrogen) atoms. The molecule has 5 rings (SSSR count). The molecule has 2 aromatic carbocycles. The van der Waals surface area contributed by atoms with Gasteiger partial charge in [-0.25, -0.2) is 4.98 Å². The predicted octanol–water partition coefficient (Wildman–Crippen LogP) is 3.86. The fourth-order valence-electron chi connectivity index (χ4n) is 3.50. The molecule has 0 radical (unpaired) electrons. The van der Waals surface area contributed by atoms with Gasteiger partial charge in [0, 0.05) is 12.2 Å². The van der Waals surface area contributed by atoms with Crippen molar-refractivity contribution in [2.75, 3.05) is 0 Å². The van der Waals surface area contributed by atoms with E-state index in [2.05, 4.69) is 25.3 Å². The Bertz CT molecular complexity index is 1410. The summed E-state index contributed by atoms with van der Waals surface area (Å²) >= 11 is 1.48. The Morgan fingerprint density at radius 2 is 1.84 bits per heavy atom. The van der Waals surface area contributed by atoms with Crippen LogP contribution in [0.5, 0.6) is 0 Å². The largest absolute Gasteiger partial charge is 0.316 e. The molecule has 0 amide bonds. The predicted molar refractivity (Wildman–Crippen MR) is 122 cm³/mol. The molecule has 0 saturated carbocycles. The van der Waals surface area contributed by atoms with E-state index in [9.17, 15) is 4.79 Å². The highest BCUT2D eigenvalue weighted by Gasteiger charge is 2.17. The van der Waals surface area contributed by atoms with Crippen LogP contribution >= 0.6 is 11.3 Å². The molecule has 1 N–H and O–H groups in total. The molecule has 0 bridgehead atoms. The molecular weight excluding hydrogens is 410 g/mol. The number of nitrogens with one attached hydrogen (secondary N) is 1. The number of rotatable bonds is 5. The summed E-state index contributed by atoms with van der Waals surface area (Å²) in [7, 11) is 0. The lowest BCUT2D eigenvalue weighted by Crippen LogP contribution is -2.19. The summed E-state index contributed by atoms with van der Waals surface area (Å²) < 4.78 is 4.43. The van der Waals surface area contributed by atoms with E-state index in [-0.39, 0.29) is 5.56 Å². The van der Waals surface area contributed by atoms with Crippen LogP contribution < -0.4 is 5.56 Å². The van der Waals surface area contributed by atoms with Gasteiger partial charge in [-0.15, -0.1) is 10.2 Å². The second kappa shape index (κ2) is 7.77. The van der Waals surface area contributed by atoms with Crippen LogP contribution in [0.15, 0.2) is 71.0 Å². The SMILES string of the molecule is CC(=Nc1ccc(Cn2cnnc2)cc1)c1c(C)[nH]n(-c2nc3ccccc3s2)c1=O. The summed E-state index contributed by atoms with van der Waals surface area (Å²) in [5, 5.41) is 11.4. The zero-order chi connectivity index (χ0) is 21.4. The van der Waals surface area contributed by atoms with Gasteiger partial charge in [-0.3, -0.25) is 14.9 Å². The highest BCUT2D eigenvalue weighted by atomic mass is 32.1. The maximum absolute atomic E-state index is 13.1. The van der Waals surface area contributed by atoms with E-state index in [1.807, 2.05) is 66.9 Å². The zero-order valence-electron chi connectivity index (χ0n) is 17.0. The number of nitrogens with zero attached hydrogens (tertiary/aromatic N) is 6. The van der Waals surface area contributed by atoms with E-state index in [1.165, 1.54) is 16.0 Å². The Labute approximate surface area is 181 Å². The Kier molecular flexibility index (Phi) is 4.79. The Hall–Kier alpha value is -3.85. The molecule has 0 aliphatic carbocycles. The van der Waals surface area contributed by atoms with Crippen molar-refractivity contribution in [2.45, 2.75) is 20.4 Å². The minimum atomic E-state index is -0.151. The van der Waals surface area contributed by atoms with Crippen molar-refractivity contribution < 1.29 is 0 Å². The van der Waals surface area contributed by atoms with Crippen LogP contribution in [0.3, 0.4) is 0 Å². The van der Waals surface area contributed by atoms with E-state index in [0.29, 0.717) is 23.0 Å². The van der Waals surface area contributed by atoms with Gasteiger partial charge in [0.2, 0.25) is 5.13 Å². The lowest BCUT2D eigenvalue weighted by atomic mass is 10.1. The standard InChI is InChI=1S/C22H19N7OS/c1-14(25-17-9-7-16(8-10-17)11-28-12-23-24-13-28)20-15(2)27-29(21(20)30)22-26-18-5-3-4-6-19(18)31-22/h3-10,12-13,27H,11H2,1-2H3. The monoisotopic (exact) mass is 429 g/mol. The van der Waals surface area contributed by atoms with Crippen molar-refractivity contribution in [3.8, 4) is 5.13 Å². The van der Waals surface area contributed by atoms with E-state index < -0.39 is 0 Å². The van der Waals surface area contributed by atoms with Crippen LogP contribution in [0.2, 0.25) is 0 Å². The number of benzene rings is 2. The van der Waals surface area contributed by atoms with Gasteiger partial charge in [-0.1, -0.05) is 35.6 Å². The van der Waals surface area contributed by atoms with Crippen molar-refractivity contribution in [3.63, 3.8) is 0 Å². The van der Waals surface area contributed by atoms with Crippen LogP contribution in [0.25, 0.3) is 15.3 Å². The molecule has 0 aliphatic heterocycles. The average Bonchev–Trinajstić information content (AvgIpc) is 3.48. The van der Waals surface area contributed by atoms with Crippen LogP contribution in [-0.4, -0.2) is 35.2 Å². The first kappa shape index (κ1) is 19.1. The molecular formula is C22H19N7OS. The number of H-pyrrole nitrogens is 1. The van der Waals surface area contributed by atoms with Gasteiger partial charge in [-0.2, -0.15) is 4.68 Å². The fraction of sp³-hybridized carbons (Fsp3) is 0.136. The number of aromatic nitrogens is 6. The number of hydrogen-bond acceptors (Lipinski definition) is 6. The number of aliphatic imine (C=N–C) groups is 1. The molecule has 9 heteroatoms. The van der Waals surface area contributed by atoms with Gasteiger partial charge >= 0.3 is 0 Å². The van der Waals surface area contributed by atoms with Crippen molar-refractivity contribution in [2.24, 2.45) is 4.99 Å². The quantitative estimate of drug-likeness (QED) is 0.429. The maximum Gasteiger partial charge on any atom is 0.282 e. The van der Waals surface area contributed by atoms with E-state index >= 15 is 0 Å². The number of aromatic amines is 1. The first-order valence-corrected chi connectivity index (χ1v) is 10.5. The highest BCUT2D eigenvalue weighted by molar-refractivity contribution is 7.20. The molecule has 154 valence electrons. The first-order valence-electron chi connectivity index (χ1n) is 9.73. The van der Waals surface area contributed by atoms with E-state index in [0.717, 1.165) is 27.2 Å². The lowest BCUT2D eigenvalue weighted by Gasteiger charge is -2.03. The van der Waals surface area contributed by atoms with Crippen molar-refractivity contribution >= 4 is 33.0 Å². The number of aryl methyl sites for hydroxylation is 1. The molecule has 0 aliphatic rings. The second-order valence-electron chi connectivity index (χ2n) is 7.21. The third kappa shape index (κ3) is 3.71. The third-order valence-corrected chi connectivity index (χ3v) is 5.99. The number of para-hydroxylation sites is 1. The van der Waals surface area contributed by atoms with Crippen molar-refractivity contribution in [1.29, 1.82) is 0 Å². The molecule has 3 aromatic heterocycles. The van der Waals surface area contributed by atoms with Gasteiger partial charge in [0.1, 0.15) is 12.7 Å². The van der Waals surface area contributed by atoms with Crippen LogP contribution in [0, 0.1) is 6.92 Å². The van der Waals surface area contributed by atoms with Gasteiger partial charge in [0.05, 0.1) is 27.2 Å². The lowest BCUT2D eigenvalue weighted by molar-refractivity contribution is 0.794. The Balaban J connectivity index is 1.44. The minimum absolute atomic E-state index is 0.151. The average molecular weight is 430 g/mol. The first-order chi connectivity index (χ1) is 15.1. The van der Waals surface area contributed by atoms with Crippen molar-refractivity contribution in [1.82, 2.24) is 29.5 Å². The van der Waals surface area contributed by atoms with E-state index in [1.54, 1.807) is 12.7 Å². The summed E-state index contributed by atoms with van der Waals surface area (Å²) in [5.41, 5.74) is 4.61. The Morgan fingerprint density at radius 3 is 2.58 bits per heavy atom. The zero-order valence-corrected chi connectivity index (χ0v) is 17.8. The fourth-order valence-corrected chi connectivity index (χ4v) is 4.43. The number of thiazole rings is 1. The summed E-state index contributed by atoms with van der Waals surface area (Å²) in [6.45, 7) is 4.42. The van der Waals surface area contributed by atoms with Crippen LogP contribution in [-0.2, 0) is 6.54 Å². The molecule has 5 aromatic rings. The van der Waals surface area contributed by atoms with Gasteiger partial charge in [0.15, 0.2) is 0 Å². The molecule has 0 fully saturated rings. The molecule has 0 spiro atoms. The number of fused-ring (bicyclic) bond motifs is 1. The molecule has 0 unspecified atom stereocenters. The normalized spacial score (nSPS) is 12.0. The Morgan fingerprint density at radius 1 is 1.10 bits per heavy atom. The smallest absolute Gasteiger partial charge is 0.282 e.